The molecule has 2 N–H and O–H groups in total. The van der Waals surface area contributed by atoms with Crippen molar-refractivity contribution in [3.05, 3.63) is 48.0 Å². The van der Waals surface area contributed by atoms with Crippen LogP contribution in [0.5, 0.6) is 0 Å². The first-order chi connectivity index (χ1) is 11.6. The molecule has 2 aromatic rings. The fraction of sp³-hybridized carbons (Fsp3) is 0.412. The number of carbonyl (C=O) groups excluding carboxylic acids is 1. The lowest BCUT2D eigenvalue weighted by Crippen LogP contribution is -2.54. The number of nitrogens with zero attached hydrogens (tertiary/aromatic N) is 4. The van der Waals surface area contributed by atoms with Crippen molar-refractivity contribution in [3.8, 4) is 0 Å². The van der Waals surface area contributed by atoms with Crippen molar-refractivity contribution in [3.63, 3.8) is 0 Å². The number of amides is 1. The van der Waals surface area contributed by atoms with Crippen LogP contribution in [0.1, 0.15) is 29.0 Å². The van der Waals surface area contributed by atoms with E-state index in [1.54, 1.807) is 30.6 Å². The SMILES string of the molecule is Cc1cccc(C(=O)NC[C@]2(O)CCCN(c3ncccn3)C2)n1. The van der Waals surface area contributed by atoms with Gasteiger partial charge in [-0.2, -0.15) is 0 Å². The molecule has 3 rings (SSSR count). The van der Waals surface area contributed by atoms with Gasteiger partial charge in [0.25, 0.3) is 5.91 Å². The first kappa shape index (κ1) is 16.3. The predicted octanol–water partition coefficient (Wildman–Crippen LogP) is 0.941. The lowest BCUT2D eigenvalue weighted by atomic mass is 9.93. The molecular formula is C17H21N5O2. The van der Waals surface area contributed by atoms with Crippen molar-refractivity contribution >= 4 is 11.9 Å². The van der Waals surface area contributed by atoms with Crippen molar-refractivity contribution in [1.29, 1.82) is 0 Å². The Morgan fingerprint density at radius 2 is 2.12 bits per heavy atom. The molecule has 0 saturated carbocycles. The molecule has 1 amide bonds. The van der Waals surface area contributed by atoms with Crippen molar-refractivity contribution in [2.24, 2.45) is 0 Å². The molecule has 0 spiro atoms. The molecule has 3 heterocycles. The zero-order chi connectivity index (χ0) is 17.0. The van der Waals surface area contributed by atoms with Gasteiger partial charge < -0.3 is 15.3 Å². The second-order valence-corrected chi connectivity index (χ2v) is 6.15. The molecule has 7 heteroatoms. The molecule has 1 aliphatic rings. The summed E-state index contributed by atoms with van der Waals surface area (Å²) >= 11 is 0. The van der Waals surface area contributed by atoms with Gasteiger partial charge in [0.05, 0.1) is 12.1 Å². The van der Waals surface area contributed by atoms with Crippen LogP contribution >= 0.6 is 0 Å². The maximum atomic E-state index is 12.2. The molecule has 0 bridgehead atoms. The van der Waals surface area contributed by atoms with Crippen LogP contribution in [-0.4, -0.2) is 51.2 Å². The highest BCUT2D eigenvalue weighted by molar-refractivity contribution is 5.92. The second-order valence-electron chi connectivity index (χ2n) is 6.15. The summed E-state index contributed by atoms with van der Waals surface area (Å²) in [6.07, 6.45) is 4.80. The third-order valence-corrected chi connectivity index (χ3v) is 4.09. The molecule has 1 saturated heterocycles. The predicted molar refractivity (Wildman–Crippen MR) is 89.7 cm³/mol. The number of β-amino-alcohol motifs (C(OH)–C–C–N with tert-alkyl or cyclic N) is 1. The fourth-order valence-electron chi connectivity index (χ4n) is 2.89. The zero-order valence-corrected chi connectivity index (χ0v) is 13.6. The summed E-state index contributed by atoms with van der Waals surface area (Å²) in [4.78, 5) is 26.8. The molecule has 7 nitrogen and oxygen atoms in total. The van der Waals surface area contributed by atoms with Gasteiger partial charge in [-0.1, -0.05) is 6.07 Å². The zero-order valence-electron chi connectivity index (χ0n) is 13.6. The smallest absolute Gasteiger partial charge is 0.269 e. The summed E-state index contributed by atoms with van der Waals surface area (Å²) in [6, 6.07) is 7.05. The van der Waals surface area contributed by atoms with Crippen LogP contribution in [0.15, 0.2) is 36.7 Å². The average molecular weight is 327 g/mol. The first-order valence-electron chi connectivity index (χ1n) is 8.02. The Balaban J connectivity index is 1.62. The molecule has 0 aliphatic carbocycles. The van der Waals surface area contributed by atoms with Gasteiger partial charge in [-0.15, -0.1) is 0 Å². The van der Waals surface area contributed by atoms with Gasteiger partial charge in [-0.05, 0) is 38.0 Å². The summed E-state index contributed by atoms with van der Waals surface area (Å²) in [5, 5.41) is 13.6. The highest BCUT2D eigenvalue weighted by Crippen LogP contribution is 2.23. The van der Waals surface area contributed by atoms with Crippen LogP contribution < -0.4 is 10.2 Å². The molecule has 2 aromatic heterocycles. The van der Waals surface area contributed by atoms with Crippen molar-refractivity contribution in [1.82, 2.24) is 20.3 Å². The topological polar surface area (TPSA) is 91.2 Å². The minimum absolute atomic E-state index is 0.171. The van der Waals surface area contributed by atoms with E-state index in [1.807, 2.05) is 17.9 Å². The Bertz CT molecular complexity index is 709. The van der Waals surface area contributed by atoms with Crippen LogP contribution in [0.4, 0.5) is 5.95 Å². The van der Waals surface area contributed by atoms with Gasteiger partial charge in [0.1, 0.15) is 5.69 Å². The van der Waals surface area contributed by atoms with E-state index >= 15 is 0 Å². The van der Waals surface area contributed by atoms with Gasteiger partial charge in [0.15, 0.2) is 0 Å². The first-order valence-corrected chi connectivity index (χ1v) is 8.02. The number of aromatic nitrogens is 3. The van der Waals surface area contributed by atoms with E-state index in [9.17, 15) is 9.90 Å². The molecule has 1 aliphatic heterocycles. The second kappa shape index (κ2) is 6.92. The minimum atomic E-state index is -1.00. The Morgan fingerprint density at radius 3 is 2.88 bits per heavy atom. The third-order valence-electron chi connectivity index (χ3n) is 4.09. The normalized spacial score (nSPS) is 20.7. The van der Waals surface area contributed by atoms with E-state index in [0.717, 1.165) is 18.7 Å². The summed E-state index contributed by atoms with van der Waals surface area (Å²) in [5.41, 5.74) is 0.140. The Kier molecular flexibility index (Phi) is 4.71. The van der Waals surface area contributed by atoms with Gasteiger partial charge in [0.2, 0.25) is 5.95 Å². The Labute approximate surface area is 140 Å². The molecule has 1 atom stereocenters. The third kappa shape index (κ3) is 3.86. The Hall–Kier alpha value is -2.54. The van der Waals surface area contributed by atoms with E-state index in [2.05, 4.69) is 20.3 Å². The quantitative estimate of drug-likeness (QED) is 0.868. The van der Waals surface area contributed by atoms with E-state index in [0.29, 0.717) is 24.6 Å². The number of anilines is 1. The highest BCUT2D eigenvalue weighted by atomic mass is 16.3. The van der Waals surface area contributed by atoms with Crippen molar-refractivity contribution in [2.45, 2.75) is 25.4 Å². The van der Waals surface area contributed by atoms with Gasteiger partial charge in [-0.3, -0.25) is 4.79 Å². The van der Waals surface area contributed by atoms with Crippen LogP contribution in [0, 0.1) is 6.92 Å². The van der Waals surface area contributed by atoms with Gasteiger partial charge >= 0.3 is 0 Å². The average Bonchev–Trinajstić information content (AvgIpc) is 2.60. The highest BCUT2D eigenvalue weighted by Gasteiger charge is 2.34. The number of hydrogen-bond acceptors (Lipinski definition) is 6. The number of aryl methyl sites for hydroxylation is 1. The summed E-state index contributed by atoms with van der Waals surface area (Å²) < 4.78 is 0. The number of aliphatic hydroxyl groups is 1. The van der Waals surface area contributed by atoms with E-state index in [-0.39, 0.29) is 12.5 Å². The van der Waals surface area contributed by atoms with Crippen LogP contribution in [0.2, 0.25) is 0 Å². The Morgan fingerprint density at radius 1 is 1.33 bits per heavy atom. The molecule has 126 valence electrons. The largest absolute Gasteiger partial charge is 0.386 e. The van der Waals surface area contributed by atoms with Crippen LogP contribution in [0.3, 0.4) is 0 Å². The van der Waals surface area contributed by atoms with Crippen LogP contribution in [-0.2, 0) is 0 Å². The maximum Gasteiger partial charge on any atom is 0.269 e. The number of nitrogens with one attached hydrogen (secondary N) is 1. The standard InChI is InChI=1S/C17H21N5O2/c1-13-5-2-6-14(21-13)15(23)20-11-17(24)7-3-10-22(12-17)16-18-8-4-9-19-16/h2,4-6,8-9,24H,3,7,10-12H2,1H3,(H,20,23)/t17-/m1/s1. The summed E-state index contributed by atoms with van der Waals surface area (Å²) in [5.74, 6) is 0.322. The summed E-state index contributed by atoms with van der Waals surface area (Å²) in [7, 11) is 0. The van der Waals surface area contributed by atoms with E-state index < -0.39 is 5.60 Å². The van der Waals surface area contributed by atoms with E-state index in [4.69, 9.17) is 0 Å². The molecule has 0 unspecified atom stereocenters. The maximum absolute atomic E-state index is 12.2. The van der Waals surface area contributed by atoms with Crippen molar-refractivity contribution in [2.75, 3.05) is 24.5 Å². The lowest BCUT2D eigenvalue weighted by Gasteiger charge is -2.39. The van der Waals surface area contributed by atoms with Gasteiger partial charge in [-0.25, -0.2) is 15.0 Å². The number of rotatable bonds is 4. The van der Waals surface area contributed by atoms with Gasteiger partial charge in [0, 0.05) is 31.2 Å². The summed E-state index contributed by atoms with van der Waals surface area (Å²) in [6.45, 7) is 3.19. The number of hydrogen-bond donors (Lipinski definition) is 2. The molecular weight excluding hydrogens is 306 g/mol. The minimum Gasteiger partial charge on any atom is -0.386 e. The molecule has 24 heavy (non-hydrogen) atoms. The number of piperidine rings is 1. The monoisotopic (exact) mass is 327 g/mol. The van der Waals surface area contributed by atoms with E-state index in [1.165, 1.54) is 0 Å². The van der Waals surface area contributed by atoms with Crippen molar-refractivity contribution < 1.29 is 9.90 Å². The number of pyridine rings is 1. The molecule has 0 aromatic carbocycles. The molecule has 0 radical (unpaired) electrons. The lowest BCUT2D eigenvalue weighted by molar-refractivity contribution is 0.0251. The van der Waals surface area contributed by atoms with Crippen LogP contribution in [0.25, 0.3) is 0 Å². The number of carbonyl (C=O) groups is 1. The molecule has 1 fully saturated rings. The fourth-order valence-corrected chi connectivity index (χ4v) is 2.89.